The van der Waals surface area contributed by atoms with Crippen LogP contribution < -0.4 is 21.9 Å². The maximum Gasteiger partial charge on any atom is 0.330 e. The highest BCUT2D eigenvalue weighted by molar-refractivity contribution is 9.10. The van der Waals surface area contributed by atoms with Gasteiger partial charge in [-0.3, -0.25) is 19.7 Å². The first-order chi connectivity index (χ1) is 13.4. The van der Waals surface area contributed by atoms with Gasteiger partial charge in [-0.2, -0.15) is 0 Å². The highest BCUT2D eigenvalue weighted by Crippen LogP contribution is 2.30. The molecule has 142 valence electrons. The van der Waals surface area contributed by atoms with E-state index in [2.05, 4.69) is 31.5 Å². The molecule has 9 heteroatoms. The van der Waals surface area contributed by atoms with E-state index in [1.54, 1.807) is 0 Å². The first kappa shape index (κ1) is 18.2. The highest BCUT2D eigenvalue weighted by atomic mass is 79.9. The predicted octanol–water partition coefficient (Wildman–Crippen LogP) is 2.71. The number of fused-ring (bicyclic) bond motifs is 1. The molecule has 4 rings (SSSR count). The van der Waals surface area contributed by atoms with Gasteiger partial charge in [0.2, 0.25) is 0 Å². The summed E-state index contributed by atoms with van der Waals surface area (Å²) in [6.07, 6.45) is 0. The Balaban J connectivity index is 1.90. The van der Waals surface area contributed by atoms with E-state index in [1.165, 1.54) is 22.8 Å². The fraction of sp³-hybridized carbons (Fsp3) is 0.105. The number of hydrogen-bond donors (Lipinski definition) is 3. The molecule has 3 N–H and O–H groups in total. The van der Waals surface area contributed by atoms with Gasteiger partial charge < -0.3 is 5.32 Å². The van der Waals surface area contributed by atoms with Crippen molar-refractivity contribution < 1.29 is 9.18 Å². The second-order valence-electron chi connectivity index (χ2n) is 6.30. The van der Waals surface area contributed by atoms with Gasteiger partial charge in [-0.05, 0) is 39.2 Å². The molecule has 28 heavy (non-hydrogen) atoms. The molecule has 1 unspecified atom stereocenters. The van der Waals surface area contributed by atoms with Gasteiger partial charge in [-0.1, -0.05) is 36.4 Å². The van der Waals surface area contributed by atoms with Crippen molar-refractivity contribution in [3.8, 4) is 0 Å². The van der Waals surface area contributed by atoms with Crippen LogP contribution in [-0.2, 0) is 6.54 Å². The van der Waals surface area contributed by atoms with Crippen LogP contribution in [-0.4, -0.2) is 15.6 Å². The first-order valence-corrected chi connectivity index (χ1v) is 9.17. The normalized spacial score (nSPS) is 15.5. The zero-order chi connectivity index (χ0) is 19.8. The maximum absolute atomic E-state index is 13.6. The summed E-state index contributed by atoms with van der Waals surface area (Å²) in [5, 5.41) is 5.22. The molecule has 1 atom stereocenters. The smallest absolute Gasteiger partial charge is 0.327 e. The zero-order valence-corrected chi connectivity index (χ0v) is 15.9. The van der Waals surface area contributed by atoms with E-state index in [0.29, 0.717) is 5.56 Å². The summed E-state index contributed by atoms with van der Waals surface area (Å²) in [7, 11) is 0. The van der Waals surface area contributed by atoms with Gasteiger partial charge in [-0.15, -0.1) is 0 Å². The summed E-state index contributed by atoms with van der Waals surface area (Å²) < 4.78 is 15.1. The number of halogens is 2. The van der Waals surface area contributed by atoms with E-state index in [4.69, 9.17) is 0 Å². The maximum atomic E-state index is 13.6. The van der Waals surface area contributed by atoms with Crippen LogP contribution in [0.15, 0.2) is 62.6 Å². The molecule has 1 aromatic heterocycles. The van der Waals surface area contributed by atoms with E-state index >= 15 is 0 Å². The predicted molar refractivity (Wildman–Crippen MR) is 105 cm³/mol. The molecular formula is C19H14BrFN4O3. The molecule has 7 nitrogen and oxygen atoms in total. The molecule has 2 aromatic carbocycles. The minimum absolute atomic E-state index is 0.117. The standard InChI is InChI=1S/C19H14BrFN4O3/c20-12-8-11(6-7-13(12)21)15-14-16(23-18(27)22-15)25(19(28)24-17(14)26)9-10-4-2-1-3-5-10/h1-8,15H,9H2,(H2,22,23,27)(H,24,26,28). The molecule has 0 bridgehead atoms. The molecule has 1 aliphatic heterocycles. The Morgan fingerprint density at radius 1 is 1.07 bits per heavy atom. The number of benzene rings is 2. The van der Waals surface area contributed by atoms with E-state index in [0.717, 1.165) is 5.56 Å². The van der Waals surface area contributed by atoms with Crippen molar-refractivity contribution in [2.45, 2.75) is 12.6 Å². The van der Waals surface area contributed by atoms with E-state index in [1.807, 2.05) is 30.3 Å². The van der Waals surface area contributed by atoms with Gasteiger partial charge in [-0.25, -0.2) is 14.0 Å². The Morgan fingerprint density at radius 3 is 2.54 bits per heavy atom. The third kappa shape index (κ3) is 3.24. The number of carbonyl (C=O) groups is 1. The molecule has 0 fully saturated rings. The van der Waals surface area contributed by atoms with Crippen molar-refractivity contribution in [3.05, 3.63) is 96.3 Å². The van der Waals surface area contributed by atoms with E-state index in [9.17, 15) is 18.8 Å². The van der Waals surface area contributed by atoms with Crippen molar-refractivity contribution in [1.82, 2.24) is 14.9 Å². The number of aromatic nitrogens is 2. The Hall–Kier alpha value is -3.20. The number of urea groups is 1. The van der Waals surface area contributed by atoms with Crippen LogP contribution in [0.3, 0.4) is 0 Å². The van der Waals surface area contributed by atoms with Crippen molar-refractivity contribution >= 4 is 27.8 Å². The number of amides is 2. The van der Waals surface area contributed by atoms with Crippen molar-refractivity contribution in [2.24, 2.45) is 0 Å². The fourth-order valence-corrected chi connectivity index (χ4v) is 3.59. The minimum Gasteiger partial charge on any atom is -0.327 e. The number of anilines is 1. The third-order valence-electron chi connectivity index (χ3n) is 4.49. The van der Waals surface area contributed by atoms with Crippen molar-refractivity contribution in [3.63, 3.8) is 0 Å². The van der Waals surface area contributed by atoms with E-state index < -0.39 is 29.1 Å². The molecule has 2 amide bonds. The summed E-state index contributed by atoms with van der Waals surface area (Å²) in [6.45, 7) is 0.166. The summed E-state index contributed by atoms with van der Waals surface area (Å²) in [6, 6.07) is 12.0. The summed E-state index contributed by atoms with van der Waals surface area (Å²) in [4.78, 5) is 39.6. The Bertz CT molecular complexity index is 1190. The second-order valence-corrected chi connectivity index (χ2v) is 7.15. The lowest BCUT2D eigenvalue weighted by atomic mass is 9.98. The van der Waals surface area contributed by atoms with Crippen LogP contribution in [0.5, 0.6) is 0 Å². The second kappa shape index (κ2) is 7.08. The Labute approximate surface area is 166 Å². The van der Waals surface area contributed by atoms with Gasteiger partial charge in [0.1, 0.15) is 11.6 Å². The Kier molecular flexibility index (Phi) is 4.60. The molecule has 1 aliphatic rings. The number of nitrogens with zero attached hydrogens (tertiary/aromatic N) is 1. The van der Waals surface area contributed by atoms with Crippen LogP contribution in [0.25, 0.3) is 0 Å². The number of hydrogen-bond acceptors (Lipinski definition) is 3. The van der Waals surface area contributed by atoms with Crippen LogP contribution >= 0.6 is 15.9 Å². The lowest BCUT2D eigenvalue weighted by Gasteiger charge is -2.28. The SMILES string of the molecule is O=C1Nc2c(c(=O)[nH]c(=O)n2Cc2ccccc2)C(c2ccc(F)c(Br)c2)N1. The molecule has 0 spiro atoms. The van der Waals surface area contributed by atoms with Gasteiger partial charge in [0.05, 0.1) is 22.6 Å². The average molecular weight is 445 g/mol. The highest BCUT2D eigenvalue weighted by Gasteiger charge is 2.31. The molecule has 0 aliphatic carbocycles. The molecule has 0 saturated carbocycles. The van der Waals surface area contributed by atoms with Crippen LogP contribution in [0.4, 0.5) is 15.0 Å². The van der Waals surface area contributed by atoms with Crippen LogP contribution in [0.1, 0.15) is 22.7 Å². The number of rotatable bonds is 3. The monoisotopic (exact) mass is 444 g/mol. The number of aromatic amines is 1. The van der Waals surface area contributed by atoms with Gasteiger partial charge in [0.25, 0.3) is 5.56 Å². The largest absolute Gasteiger partial charge is 0.330 e. The quantitative estimate of drug-likeness (QED) is 0.579. The third-order valence-corrected chi connectivity index (χ3v) is 5.10. The summed E-state index contributed by atoms with van der Waals surface area (Å²) >= 11 is 3.11. The van der Waals surface area contributed by atoms with Gasteiger partial charge >= 0.3 is 11.7 Å². The molecule has 0 saturated heterocycles. The van der Waals surface area contributed by atoms with Crippen molar-refractivity contribution in [1.29, 1.82) is 0 Å². The van der Waals surface area contributed by atoms with Gasteiger partial charge in [0.15, 0.2) is 0 Å². The number of H-pyrrole nitrogens is 1. The number of nitrogens with one attached hydrogen (secondary N) is 3. The van der Waals surface area contributed by atoms with Crippen LogP contribution in [0, 0.1) is 5.82 Å². The molecule has 0 radical (unpaired) electrons. The first-order valence-electron chi connectivity index (χ1n) is 8.37. The lowest BCUT2D eigenvalue weighted by molar-refractivity contribution is 0.248. The van der Waals surface area contributed by atoms with E-state index in [-0.39, 0.29) is 22.4 Å². The topological polar surface area (TPSA) is 96.0 Å². The van der Waals surface area contributed by atoms with Crippen LogP contribution in [0.2, 0.25) is 0 Å². The molecule has 3 aromatic rings. The van der Waals surface area contributed by atoms with Gasteiger partial charge in [0, 0.05) is 0 Å². The zero-order valence-electron chi connectivity index (χ0n) is 14.3. The molecule has 2 heterocycles. The summed E-state index contributed by atoms with van der Waals surface area (Å²) in [5.41, 5.74) is 0.247. The molecular weight excluding hydrogens is 431 g/mol. The average Bonchev–Trinajstić information content (AvgIpc) is 2.67. The number of carbonyl (C=O) groups excluding carboxylic acids is 1. The van der Waals surface area contributed by atoms with Crippen molar-refractivity contribution in [2.75, 3.05) is 5.32 Å². The summed E-state index contributed by atoms with van der Waals surface area (Å²) in [5.74, 6) is -0.348. The minimum atomic E-state index is -0.841. The fourth-order valence-electron chi connectivity index (χ4n) is 3.19. The lowest BCUT2D eigenvalue weighted by Crippen LogP contribution is -2.46. The Morgan fingerprint density at radius 2 is 1.82 bits per heavy atom.